The minimum absolute atomic E-state index is 0.0261. The molecule has 0 atom stereocenters. The van der Waals surface area contributed by atoms with Crippen LogP contribution in [0.2, 0.25) is 13.1 Å². The summed E-state index contributed by atoms with van der Waals surface area (Å²) in [6.07, 6.45) is 3.61. The number of benzene rings is 5. The van der Waals surface area contributed by atoms with Crippen molar-refractivity contribution in [3.63, 3.8) is 0 Å². The van der Waals surface area contributed by atoms with Crippen LogP contribution in [-0.2, 0) is 49.9 Å². The molecule has 0 heterocycles. The number of halogens is 2. The maximum atomic E-state index is 5.95. The standard InChI is InChI=1S/C33H37.C23H27O.C2H6Si.2ClH.Zr/c1-21-19-28-29(20-21)31(23-13-17-25(18-14-23)33(5,6)7)27-10-8-9-26(27)30(28)22-11-15-24(16-12-22)32(2,3)4;1-14-8-15(2)11-18(10-14)21-19-12-16(3)9-17(19)13-20(22(21)24-7)23(4,5)6;1-3-2;;;/h11-20H,8-10H2,1-7H3;8-13H,1-7H3;1-2H3;2*1H;/q2*-1;;;;+4/p-2. The third-order valence-corrected chi connectivity index (χ3v) is 12.1. The van der Waals surface area contributed by atoms with Gasteiger partial charge in [0.15, 0.2) is 0 Å². The molecule has 1 nitrogen and oxygen atoms in total. The molecule has 0 aliphatic heterocycles. The van der Waals surface area contributed by atoms with E-state index in [0.717, 1.165) is 15.3 Å². The van der Waals surface area contributed by atoms with Crippen molar-refractivity contribution in [1.82, 2.24) is 0 Å². The molecule has 7 aromatic carbocycles. The molecule has 0 aromatic heterocycles. The zero-order chi connectivity index (χ0) is 46.6. The Hall–Kier alpha value is -3.20. The minimum atomic E-state index is -0.826. The average Bonchev–Trinajstić information content (AvgIpc) is 3.93. The van der Waals surface area contributed by atoms with E-state index >= 15 is 0 Å². The second kappa shape index (κ2) is 21.0. The number of hydrogen-bond acceptors (Lipinski definition) is 1. The van der Waals surface area contributed by atoms with Crippen molar-refractivity contribution < 1.29 is 25.6 Å². The van der Waals surface area contributed by atoms with Gasteiger partial charge in [0.2, 0.25) is 0 Å². The van der Waals surface area contributed by atoms with Crippen LogP contribution in [0.3, 0.4) is 0 Å². The van der Waals surface area contributed by atoms with Crippen molar-refractivity contribution in [2.75, 3.05) is 7.11 Å². The summed E-state index contributed by atoms with van der Waals surface area (Å²) < 4.78 is 5.95. The first-order valence-electron chi connectivity index (χ1n) is 22.5. The van der Waals surface area contributed by atoms with E-state index in [1.807, 2.05) is 0 Å². The summed E-state index contributed by atoms with van der Waals surface area (Å²) in [7, 11) is 12.7. The fourth-order valence-electron chi connectivity index (χ4n) is 9.28. The molecule has 0 saturated carbocycles. The third-order valence-electron chi connectivity index (χ3n) is 12.1. The quantitative estimate of drug-likeness (QED) is 0.126. The van der Waals surface area contributed by atoms with Crippen LogP contribution in [-0.4, -0.2) is 16.6 Å². The molecule has 0 unspecified atom stereocenters. The van der Waals surface area contributed by atoms with Gasteiger partial charge in [-0.2, -0.15) is 12.1 Å². The molecule has 330 valence electrons. The summed E-state index contributed by atoms with van der Waals surface area (Å²) in [5, 5.41) is 5.42. The van der Waals surface area contributed by atoms with E-state index < -0.39 is 20.8 Å². The van der Waals surface area contributed by atoms with E-state index in [4.69, 9.17) is 21.8 Å². The van der Waals surface area contributed by atoms with Crippen LogP contribution in [0.25, 0.3) is 54.9 Å². The molecule has 63 heavy (non-hydrogen) atoms. The Bertz CT molecular complexity index is 2510. The number of hydrogen-bond donors (Lipinski definition) is 0. The van der Waals surface area contributed by atoms with Crippen LogP contribution in [0, 0.1) is 27.7 Å². The summed E-state index contributed by atoms with van der Waals surface area (Å²) in [5.74, 6) is 1.01. The fourth-order valence-corrected chi connectivity index (χ4v) is 9.28. The van der Waals surface area contributed by atoms with Crippen molar-refractivity contribution in [2.45, 2.75) is 139 Å². The molecule has 0 bridgehead atoms. The second-order valence-corrected chi connectivity index (χ2v) is 25.4. The second-order valence-electron chi connectivity index (χ2n) is 20.6. The van der Waals surface area contributed by atoms with E-state index in [0.29, 0.717) is 0 Å². The van der Waals surface area contributed by atoms with Gasteiger partial charge in [-0.15, -0.1) is 50.9 Å². The van der Waals surface area contributed by atoms with Crippen LogP contribution in [0.15, 0.2) is 97.1 Å². The van der Waals surface area contributed by atoms with Crippen LogP contribution in [0.5, 0.6) is 5.75 Å². The number of methoxy groups -OCH3 is 1. The van der Waals surface area contributed by atoms with Crippen molar-refractivity contribution in [3.05, 3.63) is 147 Å². The first-order valence-corrected chi connectivity index (χ1v) is 30.8. The first kappa shape index (κ1) is 50.8. The zero-order valence-corrected chi connectivity index (χ0v) is 46.0. The van der Waals surface area contributed by atoms with Gasteiger partial charge in [-0.3, -0.25) is 0 Å². The summed E-state index contributed by atoms with van der Waals surface area (Å²) in [5.41, 5.74) is 20.9. The number of ether oxygens (including phenoxy) is 1. The normalized spacial score (nSPS) is 12.4. The van der Waals surface area contributed by atoms with Crippen molar-refractivity contribution in [3.8, 4) is 39.1 Å². The van der Waals surface area contributed by atoms with Gasteiger partial charge in [0.05, 0.1) is 7.11 Å². The van der Waals surface area contributed by atoms with Gasteiger partial charge in [0, 0.05) is 9.52 Å². The Morgan fingerprint density at radius 3 is 1.46 bits per heavy atom. The number of rotatable bonds is 4. The fraction of sp³-hybridized carbons (Fsp3) is 0.379. The molecule has 8 rings (SSSR count). The monoisotopic (exact) mass is 970 g/mol. The Balaban J connectivity index is 0.000000220. The van der Waals surface area contributed by atoms with Crippen molar-refractivity contribution in [1.29, 1.82) is 0 Å². The predicted octanol–water partition coefficient (Wildman–Crippen LogP) is 17.9. The molecule has 0 spiro atoms. The van der Waals surface area contributed by atoms with Gasteiger partial charge in [-0.1, -0.05) is 195 Å². The van der Waals surface area contributed by atoms with Crippen LogP contribution >= 0.6 is 17.0 Å². The third kappa shape index (κ3) is 11.8. The molecule has 0 fully saturated rings. The van der Waals surface area contributed by atoms with Crippen LogP contribution < -0.4 is 4.74 Å². The number of aryl methyl sites for hydroxylation is 4. The van der Waals surface area contributed by atoms with Gasteiger partial charge in [0.1, 0.15) is 5.75 Å². The summed E-state index contributed by atoms with van der Waals surface area (Å²) in [6, 6.07) is 37.2. The molecule has 1 aliphatic carbocycles. The molecule has 0 N–H and O–H groups in total. The molecular formula is C58H70Cl2OSiZr. The molecule has 0 amide bonds. The number of fused-ring (bicyclic) bond motifs is 3. The van der Waals surface area contributed by atoms with E-state index in [1.165, 1.54) is 113 Å². The van der Waals surface area contributed by atoms with E-state index in [2.05, 4.69) is 200 Å². The predicted molar refractivity (Wildman–Crippen MR) is 278 cm³/mol. The zero-order valence-electron chi connectivity index (χ0n) is 41.0. The van der Waals surface area contributed by atoms with Gasteiger partial charge in [-0.25, -0.2) is 0 Å². The molecule has 2 radical (unpaired) electrons. The first-order chi connectivity index (χ1) is 29.6. The summed E-state index contributed by atoms with van der Waals surface area (Å²) in [4.78, 5) is 0. The van der Waals surface area contributed by atoms with Crippen LogP contribution in [0.4, 0.5) is 0 Å². The summed E-state index contributed by atoms with van der Waals surface area (Å²) >= 11 is -0.826. The van der Waals surface area contributed by atoms with E-state index in [-0.39, 0.29) is 16.2 Å². The van der Waals surface area contributed by atoms with E-state index in [9.17, 15) is 0 Å². The van der Waals surface area contributed by atoms with Gasteiger partial charge < -0.3 is 4.74 Å². The molecule has 7 aromatic rings. The van der Waals surface area contributed by atoms with Gasteiger partial charge >= 0.3 is 37.9 Å². The average molecular weight is 973 g/mol. The van der Waals surface area contributed by atoms with Gasteiger partial charge in [-0.05, 0) is 82.7 Å². The molecule has 1 aliphatic rings. The summed E-state index contributed by atoms with van der Waals surface area (Å²) in [6.45, 7) is 33.5. The van der Waals surface area contributed by atoms with Crippen molar-refractivity contribution in [2.24, 2.45) is 0 Å². The van der Waals surface area contributed by atoms with Crippen LogP contribution in [0.1, 0.15) is 119 Å². The molecular weight excluding hydrogens is 903 g/mol. The Morgan fingerprint density at radius 1 is 0.556 bits per heavy atom. The Morgan fingerprint density at radius 2 is 1.00 bits per heavy atom. The Labute approximate surface area is 402 Å². The van der Waals surface area contributed by atoms with E-state index in [1.54, 1.807) is 18.2 Å². The molecule has 0 saturated heterocycles. The topological polar surface area (TPSA) is 9.23 Å². The molecule has 5 heteroatoms. The van der Waals surface area contributed by atoms with Crippen molar-refractivity contribution >= 4 is 48.1 Å². The SMILES string of the molecule is COc1c(C(C)(C)C)cc2[cH-]c(C)cc2c1-c1cc(C)cc(C)c1.C[Si]C.Cc1cc2c(-c3ccc(C(C)(C)C)cc3)c3c(c(-c4ccc(C(C)(C)C)cc4)c2[cH-]1)CCC3.[Cl][Zr+2][Cl]. The maximum absolute atomic E-state index is 5.95. The van der Waals surface area contributed by atoms with Gasteiger partial charge in [0.25, 0.3) is 0 Å². The Kier molecular flexibility index (Phi) is 16.9.